The van der Waals surface area contributed by atoms with Crippen LogP contribution in [0, 0.1) is 10.1 Å². The van der Waals surface area contributed by atoms with E-state index < -0.39 is 11.1 Å². The smallest absolute Gasteiger partial charge is 0.319 e. The number of nitrogens with zero attached hydrogens (tertiary/aromatic N) is 2. The van der Waals surface area contributed by atoms with Crippen molar-refractivity contribution < 1.29 is 14.5 Å². The molecule has 0 fully saturated rings. The van der Waals surface area contributed by atoms with Gasteiger partial charge in [0, 0.05) is 22.3 Å². The summed E-state index contributed by atoms with van der Waals surface area (Å²) >= 11 is 3.55. The lowest BCUT2D eigenvalue weighted by Crippen LogP contribution is -2.44. The van der Waals surface area contributed by atoms with Crippen molar-refractivity contribution in [1.82, 2.24) is 4.90 Å². The summed E-state index contributed by atoms with van der Waals surface area (Å²) < 4.78 is 5.91. The lowest BCUT2D eigenvalue weighted by atomic mass is 9.91. The Bertz CT molecular complexity index is 1110. The quantitative estimate of drug-likeness (QED) is 0.312. The van der Waals surface area contributed by atoms with Gasteiger partial charge in [0.25, 0.3) is 5.69 Å². The number of non-ortho nitro benzene ring substituents is 1. The highest BCUT2D eigenvalue weighted by Crippen LogP contribution is 2.44. The van der Waals surface area contributed by atoms with E-state index in [1.807, 2.05) is 53.4 Å². The van der Waals surface area contributed by atoms with Crippen LogP contribution in [0.15, 0.2) is 77.3 Å². The number of fused-ring (bicyclic) bond motifs is 1. The number of rotatable bonds is 5. The summed E-state index contributed by atoms with van der Waals surface area (Å²) in [7, 11) is 1.36. The molecule has 31 heavy (non-hydrogen) atoms. The summed E-state index contributed by atoms with van der Waals surface area (Å²) in [6.45, 7) is 0.0384. The van der Waals surface area contributed by atoms with Crippen LogP contribution in [0.2, 0.25) is 0 Å². The number of nitro benzene ring substituents is 1. The molecule has 2 unspecified atom stereocenters. The van der Waals surface area contributed by atoms with Crippen LogP contribution >= 0.6 is 15.9 Å². The first-order valence-electron chi connectivity index (χ1n) is 9.66. The van der Waals surface area contributed by atoms with E-state index in [4.69, 9.17) is 4.74 Å². The minimum Gasteiger partial charge on any atom is -0.468 e. The molecule has 3 aromatic rings. The van der Waals surface area contributed by atoms with Crippen molar-refractivity contribution in [3.8, 4) is 0 Å². The Morgan fingerprint density at radius 3 is 2.45 bits per heavy atom. The lowest BCUT2D eigenvalue weighted by Gasteiger charge is -2.44. The molecule has 158 valence electrons. The van der Waals surface area contributed by atoms with Crippen molar-refractivity contribution in [3.63, 3.8) is 0 Å². The molecule has 0 spiro atoms. The van der Waals surface area contributed by atoms with Crippen LogP contribution in [0.4, 0.5) is 11.4 Å². The highest BCUT2D eigenvalue weighted by atomic mass is 79.9. The van der Waals surface area contributed by atoms with Crippen molar-refractivity contribution in [2.45, 2.75) is 12.2 Å². The lowest BCUT2D eigenvalue weighted by molar-refractivity contribution is -0.384. The Kier molecular flexibility index (Phi) is 6.01. The van der Waals surface area contributed by atoms with Gasteiger partial charge in [-0.25, -0.2) is 0 Å². The van der Waals surface area contributed by atoms with E-state index in [1.165, 1.54) is 19.2 Å². The molecular formula is C23H20BrN3O4. The van der Waals surface area contributed by atoms with Crippen LogP contribution in [0.5, 0.6) is 0 Å². The van der Waals surface area contributed by atoms with E-state index in [0.717, 1.165) is 26.9 Å². The summed E-state index contributed by atoms with van der Waals surface area (Å²) in [5.74, 6) is -0.368. The molecule has 1 heterocycles. The van der Waals surface area contributed by atoms with Gasteiger partial charge in [-0.3, -0.25) is 19.8 Å². The molecule has 0 radical (unpaired) electrons. The minimum absolute atomic E-state index is 0.0167. The predicted molar refractivity (Wildman–Crippen MR) is 121 cm³/mol. The molecule has 0 saturated carbocycles. The van der Waals surface area contributed by atoms with Gasteiger partial charge in [0.15, 0.2) is 0 Å². The number of esters is 1. The third kappa shape index (κ3) is 4.30. The van der Waals surface area contributed by atoms with Gasteiger partial charge in [-0.15, -0.1) is 0 Å². The number of carbonyl (C=O) groups excluding carboxylic acids is 1. The maximum atomic E-state index is 12.4. The molecule has 8 heteroatoms. The third-order valence-corrected chi connectivity index (χ3v) is 5.83. The van der Waals surface area contributed by atoms with Gasteiger partial charge in [-0.05, 0) is 47.0 Å². The zero-order valence-corrected chi connectivity index (χ0v) is 18.3. The van der Waals surface area contributed by atoms with Crippen LogP contribution in [-0.4, -0.2) is 29.4 Å². The van der Waals surface area contributed by atoms with Crippen LogP contribution in [0.1, 0.15) is 28.9 Å². The molecule has 1 N–H and O–H groups in total. The molecule has 0 saturated heterocycles. The van der Waals surface area contributed by atoms with Crippen molar-refractivity contribution in [2.75, 3.05) is 19.0 Å². The first kappa shape index (κ1) is 21.0. The summed E-state index contributed by atoms with van der Waals surface area (Å²) in [5, 5.41) is 14.6. The molecule has 0 aromatic heterocycles. The second-order valence-electron chi connectivity index (χ2n) is 7.19. The topological polar surface area (TPSA) is 84.7 Å². The number of methoxy groups -OCH3 is 1. The maximum Gasteiger partial charge on any atom is 0.319 e. The SMILES string of the molecule is COC(=O)CN1C(c2ccc([N+](=O)[O-])cc2)Nc2ccc(Br)cc2C1c1ccccc1. The zero-order chi connectivity index (χ0) is 22.0. The Hall–Kier alpha value is -3.23. The molecule has 7 nitrogen and oxygen atoms in total. The van der Waals surface area contributed by atoms with E-state index in [0.29, 0.717) is 0 Å². The van der Waals surface area contributed by atoms with Crippen molar-refractivity contribution in [2.24, 2.45) is 0 Å². The van der Waals surface area contributed by atoms with E-state index in [1.54, 1.807) is 12.1 Å². The number of nitrogens with one attached hydrogen (secondary N) is 1. The van der Waals surface area contributed by atoms with E-state index >= 15 is 0 Å². The Morgan fingerprint density at radius 2 is 1.81 bits per heavy atom. The first-order valence-corrected chi connectivity index (χ1v) is 10.4. The van der Waals surface area contributed by atoms with Gasteiger partial charge in [-0.1, -0.05) is 46.3 Å². The number of carbonyl (C=O) groups is 1. The molecule has 0 aliphatic carbocycles. The summed E-state index contributed by atoms with van der Waals surface area (Å²) in [6.07, 6.45) is -0.390. The van der Waals surface area contributed by atoms with E-state index in [2.05, 4.69) is 21.2 Å². The Balaban J connectivity index is 1.86. The molecule has 4 rings (SSSR count). The first-order chi connectivity index (χ1) is 15.0. The van der Waals surface area contributed by atoms with Crippen LogP contribution in [0.3, 0.4) is 0 Å². The number of benzene rings is 3. The van der Waals surface area contributed by atoms with Gasteiger partial charge >= 0.3 is 5.97 Å². The van der Waals surface area contributed by atoms with E-state index in [9.17, 15) is 14.9 Å². The standard InChI is InChI=1S/C23H20BrN3O4/c1-31-21(28)14-26-22(15-5-3-2-4-6-15)19-13-17(24)9-12-20(19)25-23(26)16-7-10-18(11-8-16)27(29)30/h2-13,22-23,25H,14H2,1H3. The molecule has 0 amide bonds. The third-order valence-electron chi connectivity index (χ3n) is 5.34. The van der Waals surface area contributed by atoms with Crippen LogP contribution < -0.4 is 5.32 Å². The predicted octanol–water partition coefficient (Wildman–Crippen LogP) is 5.05. The van der Waals surface area contributed by atoms with Gasteiger partial charge in [0.05, 0.1) is 24.6 Å². The summed E-state index contributed by atoms with van der Waals surface area (Å²) in [4.78, 5) is 25.0. The largest absolute Gasteiger partial charge is 0.468 e. The van der Waals surface area contributed by atoms with Crippen LogP contribution in [0.25, 0.3) is 0 Å². The monoisotopic (exact) mass is 481 g/mol. The number of ether oxygens (including phenoxy) is 1. The van der Waals surface area contributed by atoms with Gasteiger partial charge < -0.3 is 10.1 Å². The average molecular weight is 482 g/mol. The molecule has 2 atom stereocenters. The number of hydrogen-bond donors (Lipinski definition) is 1. The normalized spacial score (nSPS) is 18.0. The van der Waals surface area contributed by atoms with Crippen molar-refractivity contribution in [3.05, 3.63) is 104 Å². The molecule has 1 aliphatic heterocycles. The highest BCUT2D eigenvalue weighted by molar-refractivity contribution is 9.10. The van der Waals surface area contributed by atoms with Crippen LogP contribution in [-0.2, 0) is 9.53 Å². The van der Waals surface area contributed by atoms with Gasteiger partial charge in [-0.2, -0.15) is 0 Å². The van der Waals surface area contributed by atoms with E-state index in [-0.39, 0.29) is 24.2 Å². The molecule has 3 aromatic carbocycles. The fourth-order valence-electron chi connectivity index (χ4n) is 3.90. The van der Waals surface area contributed by atoms with Crippen molar-refractivity contribution >= 4 is 33.3 Å². The average Bonchev–Trinajstić information content (AvgIpc) is 2.79. The Labute approximate surface area is 187 Å². The molecule has 0 bridgehead atoms. The molecular weight excluding hydrogens is 462 g/mol. The highest BCUT2D eigenvalue weighted by Gasteiger charge is 2.37. The Morgan fingerprint density at radius 1 is 1.10 bits per heavy atom. The van der Waals surface area contributed by atoms with Gasteiger partial charge in [0.2, 0.25) is 0 Å². The second kappa shape index (κ2) is 8.87. The number of anilines is 1. The number of halogens is 1. The second-order valence-corrected chi connectivity index (χ2v) is 8.10. The minimum atomic E-state index is -0.427. The summed E-state index contributed by atoms with van der Waals surface area (Å²) in [6, 6.07) is 22.1. The number of hydrogen-bond acceptors (Lipinski definition) is 6. The zero-order valence-electron chi connectivity index (χ0n) is 16.7. The summed E-state index contributed by atoms with van der Waals surface area (Å²) in [5.41, 5.74) is 3.80. The maximum absolute atomic E-state index is 12.4. The van der Waals surface area contributed by atoms with Gasteiger partial charge in [0.1, 0.15) is 6.17 Å². The van der Waals surface area contributed by atoms with Crippen molar-refractivity contribution in [1.29, 1.82) is 0 Å². The fraction of sp³-hybridized carbons (Fsp3) is 0.174. The number of nitro groups is 1. The fourth-order valence-corrected chi connectivity index (χ4v) is 4.28. The molecule has 1 aliphatic rings.